The second-order valence-electron chi connectivity index (χ2n) is 4.20. The first-order valence-corrected chi connectivity index (χ1v) is 6.26. The van der Waals surface area contributed by atoms with Crippen molar-refractivity contribution in [3.8, 4) is 23.7 Å². The van der Waals surface area contributed by atoms with Crippen LogP contribution in [0.1, 0.15) is 31.8 Å². The summed E-state index contributed by atoms with van der Waals surface area (Å²) in [5.74, 6) is 8.29. The third-order valence-corrected chi connectivity index (χ3v) is 2.77. The summed E-state index contributed by atoms with van der Waals surface area (Å²) < 4.78 is 0. The molecule has 0 unspecified atom stereocenters. The molecule has 106 valence electrons. The zero-order valence-electron chi connectivity index (χ0n) is 11.3. The summed E-state index contributed by atoms with van der Waals surface area (Å²) in [6, 6.07) is 12.7. The quantitative estimate of drug-likeness (QED) is 0.833. The minimum atomic E-state index is -1.06. The van der Waals surface area contributed by atoms with Gasteiger partial charge in [-0.2, -0.15) is 0 Å². The van der Waals surface area contributed by atoms with E-state index in [0.717, 1.165) is 0 Å². The Morgan fingerprint density at radius 1 is 0.682 bits per heavy atom. The molecule has 0 heterocycles. The van der Waals surface area contributed by atoms with Gasteiger partial charge in [0.2, 0.25) is 0 Å². The van der Waals surface area contributed by atoms with E-state index in [9.17, 15) is 9.59 Å². The molecule has 0 aliphatic heterocycles. The highest BCUT2D eigenvalue weighted by molar-refractivity contribution is 5.91. The average Bonchev–Trinajstić information content (AvgIpc) is 2.52. The molecule has 2 rings (SSSR count). The molecule has 22 heavy (non-hydrogen) atoms. The smallest absolute Gasteiger partial charge is 0.336 e. The Kier molecular flexibility index (Phi) is 4.59. The van der Waals surface area contributed by atoms with Crippen LogP contribution in [0.5, 0.6) is 0 Å². The maximum Gasteiger partial charge on any atom is 0.336 e. The van der Waals surface area contributed by atoms with Gasteiger partial charge in [-0.15, -0.1) is 0 Å². The molecule has 0 saturated carbocycles. The van der Waals surface area contributed by atoms with Crippen molar-refractivity contribution in [2.45, 2.75) is 0 Å². The van der Waals surface area contributed by atoms with Gasteiger partial charge in [0.15, 0.2) is 0 Å². The second-order valence-corrected chi connectivity index (χ2v) is 4.20. The van der Waals surface area contributed by atoms with E-state index in [2.05, 4.69) is 23.7 Å². The fourth-order valence-electron chi connectivity index (χ4n) is 1.75. The predicted molar refractivity (Wildman–Crippen MR) is 80.6 cm³/mol. The van der Waals surface area contributed by atoms with Crippen LogP contribution in [0.15, 0.2) is 48.5 Å². The molecule has 0 spiro atoms. The van der Waals surface area contributed by atoms with E-state index < -0.39 is 11.9 Å². The van der Waals surface area contributed by atoms with E-state index in [1.165, 1.54) is 12.1 Å². The lowest BCUT2D eigenvalue weighted by molar-refractivity contribution is 0.0685. The number of hydrogen-bond acceptors (Lipinski definition) is 2. The number of carboxylic acid groups (broad SMARTS) is 2. The summed E-state index contributed by atoms with van der Waals surface area (Å²) in [5, 5.41) is 18.1. The van der Waals surface area contributed by atoms with Crippen LogP contribution in [0.2, 0.25) is 0 Å². The van der Waals surface area contributed by atoms with Gasteiger partial charge < -0.3 is 10.2 Å². The molecule has 2 N–H and O–H groups in total. The monoisotopic (exact) mass is 290 g/mol. The van der Waals surface area contributed by atoms with Gasteiger partial charge in [0.05, 0.1) is 11.1 Å². The second kappa shape index (κ2) is 6.78. The van der Waals surface area contributed by atoms with Crippen molar-refractivity contribution in [2.24, 2.45) is 0 Å². The lowest BCUT2D eigenvalue weighted by Gasteiger charge is -1.96. The lowest BCUT2D eigenvalue weighted by atomic mass is 10.1. The van der Waals surface area contributed by atoms with Crippen molar-refractivity contribution in [1.82, 2.24) is 0 Å². The number of carbonyl (C=O) groups is 2. The minimum absolute atomic E-state index is 0.0998. The summed E-state index contributed by atoms with van der Waals surface area (Å²) in [6.07, 6.45) is 0. The van der Waals surface area contributed by atoms with Gasteiger partial charge in [0.1, 0.15) is 0 Å². The van der Waals surface area contributed by atoms with Gasteiger partial charge >= 0.3 is 11.9 Å². The molecule has 2 aromatic carbocycles. The maximum atomic E-state index is 11.0. The highest BCUT2D eigenvalue weighted by atomic mass is 16.4. The molecule has 0 atom stereocenters. The van der Waals surface area contributed by atoms with Gasteiger partial charge in [-0.3, -0.25) is 0 Å². The molecule has 4 nitrogen and oxygen atoms in total. The number of aromatic carboxylic acids is 2. The first-order chi connectivity index (χ1) is 10.6. The number of carboxylic acids is 2. The molecule has 0 aliphatic rings. The van der Waals surface area contributed by atoms with Crippen molar-refractivity contribution >= 4 is 11.9 Å². The van der Waals surface area contributed by atoms with Gasteiger partial charge in [0, 0.05) is 11.1 Å². The van der Waals surface area contributed by atoms with Crippen LogP contribution in [0, 0.1) is 23.7 Å². The van der Waals surface area contributed by atoms with Crippen LogP contribution in [-0.4, -0.2) is 22.2 Å². The van der Waals surface area contributed by atoms with Crippen molar-refractivity contribution in [2.75, 3.05) is 0 Å². The van der Waals surface area contributed by atoms with Crippen molar-refractivity contribution in [1.29, 1.82) is 0 Å². The molecule has 0 saturated heterocycles. The zero-order valence-corrected chi connectivity index (χ0v) is 11.3. The molecular weight excluding hydrogens is 280 g/mol. The van der Waals surface area contributed by atoms with E-state index in [1.54, 1.807) is 36.4 Å². The number of hydrogen-bond donors (Lipinski definition) is 2. The van der Waals surface area contributed by atoms with Crippen LogP contribution in [0.4, 0.5) is 0 Å². The molecule has 0 aliphatic carbocycles. The number of rotatable bonds is 2. The van der Waals surface area contributed by atoms with Crippen molar-refractivity contribution < 1.29 is 19.8 Å². The van der Waals surface area contributed by atoms with E-state index in [-0.39, 0.29) is 11.1 Å². The van der Waals surface area contributed by atoms with E-state index in [0.29, 0.717) is 11.1 Å². The highest BCUT2D eigenvalue weighted by Gasteiger charge is 2.06. The minimum Gasteiger partial charge on any atom is -0.478 e. The topological polar surface area (TPSA) is 74.6 Å². The van der Waals surface area contributed by atoms with Crippen LogP contribution < -0.4 is 0 Å². The van der Waals surface area contributed by atoms with Crippen molar-refractivity contribution in [3.63, 3.8) is 0 Å². The average molecular weight is 290 g/mol. The summed E-state index contributed by atoms with van der Waals surface area (Å²) in [7, 11) is 0. The Morgan fingerprint density at radius 2 is 1.05 bits per heavy atom. The van der Waals surface area contributed by atoms with Gasteiger partial charge in [-0.05, 0) is 36.1 Å². The molecular formula is C18H10O4. The summed E-state index contributed by atoms with van der Waals surface area (Å²) in [6.45, 7) is 0. The molecule has 0 fully saturated rings. The zero-order chi connectivity index (χ0) is 15.9. The Hall–Kier alpha value is -3.50. The summed E-state index contributed by atoms with van der Waals surface area (Å²) in [5.41, 5.74) is 0.914. The SMILES string of the molecule is O=C(O)c1ccccc1C#CC#Cc1ccccc1C(=O)O. The van der Waals surface area contributed by atoms with E-state index in [4.69, 9.17) is 10.2 Å². The number of benzene rings is 2. The normalized spacial score (nSPS) is 8.91. The molecule has 0 radical (unpaired) electrons. The standard InChI is InChI=1S/C18H10O4/c19-17(20)15-11-5-3-9-13(15)7-1-2-8-14-10-4-6-12-16(14)18(21)22/h3-6,9-12H,(H,19,20)(H,21,22). The molecule has 2 aromatic rings. The molecule has 4 heteroatoms. The summed E-state index contributed by atoms with van der Waals surface area (Å²) >= 11 is 0. The fraction of sp³-hybridized carbons (Fsp3) is 0. The molecule has 0 aromatic heterocycles. The Morgan fingerprint density at radius 3 is 1.41 bits per heavy atom. The Bertz CT molecular complexity index is 784. The van der Waals surface area contributed by atoms with E-state index in [1.807, 2.05) is 0 Å². The van der Waals surface area contributed by atoms with E-state index >= 15 is 0 Å². The van der Waals surface area contributed by atoms with Crippen LogP contribution in [0.25, 0.3) is 0 Å². The maximum absolute atomic E-state index is 11.0. The third-order valence-electron chi connectivity index (χ3n) is 2.77. The van der Waals surface area contributed by atoms with Crippen molar-refractivity contribution in [3.05, 3.63) is 70.8 Å². The van der Waals surface area contributed by atoms with Crippen LogP contribution >= 0.6 is 0 Å². The van der Waals surface area contributed by atoms with Crippen LogP contribution in [-0.2, 0) is 0 Å². The summed E-state index contributed by atoms with van der Waals surface area (Å²) in [4.78, 5) is 22.1. The third kappa shape index (κ3) is 3.53. The van der Waals surface area contributed by atoms with Crippen LogP contribution in [0.3, 0.4) is 0 Å². The molecule has 0 bridgehead atoms. The lowest BCUT2D eigenvalue weighted by Crippen LogP contribution is -1.99. The largest absolute Gasteiger partial charge is 0.478 e. The molecule has 0 amide bonds. The van der Waals surface area contributed by atoms with Gasteiger partial charge in [-0.1, -0.05) is 36.1 Å². The Balaban J connectivity index is 2.31. The van der Waals surface area contributed by atoms with Gasteiger partial charge in [0.25, 0.3) is 0 Å². The first kappa shape index (κ1) is 14.9. The highest BCUT2D eigenvalue weighted by Crippen LogP contribution is 2.07. The fourth-order valence-corrected chi connectivity index (χ4v) is 1.75. The predicted octanol–water partition coefficient (Wildman–Crippen LogP) is 2.49. The first-order valence-electron chi connectivity index (χ1n) is 6.26. The van der Waals surface area contributed by atoms with Gasteiger partial charge in [-0.25, -0.2) is 9.59 Å². The Labute approximate surface area is 127 Å².